The van der Waals surface area contributed by atoms with Crippen LogP contribution in [0.4, 0.5) is 5.82 Å². The molecule has 0 aromatic carbocycles. The van der Waals surface area contributed by atoms with Crippen molar-refractivity contribution in [1.29, 1.82) is 0 Å². The molecule has 3 N–H and O–H groups in total. The Morgan fingerprint density at radius 2 is 1.85 bits per heavy atom. The third-order valence-corrected chi connectivity index (χ3v) is 2.56. The Bertz CT molecular complexity index is 515. The minimum absolute atomic E-state index is 0.0350. The zero-order valence-corrected chi connectivity index (χ0v) is 12.8. The number of nitrogens with two attached hydrogens (primary N) is 1. The molecule has 110 valence electrons. The molecule has 0 saturated carbocycles. The van der Waals surface area contributed by atoms with Crippen LogP contribution >= 0.6 is 0 Å². The molecule has 0 atom stereocenters. The van der Waals surface area contributed by atoms with Crippen molar-refractivity contribution in [3.63, 3.8) is 0 Å². The average Bonchev–Trinajstić information content (AvgIpc) is 2.51. The van der Waals surface area contributed by atoms with E-state index in [1.54, 1.807) is 18.5 Å². The standard InChI is InChI=1S/C7H10N2.C7H9NO.C2H6/c1-2-6-4-3-5-9-7(6)8;1-2-6-3-4-7(9)8-5-6;1-2/h3-5H,2H2,1H3,(H2,8,9);3-5H,2H2,1H3,(H,8,9);1-2H3. The van der Waals surface area contributed by atoms with Gasteiger partial charge < -0.3 is 10.7 Å². The number of anilines is 1. The van der Waals surface area contributed by atoms with Crippen LogP contribution in [0.5, 0.6) is 0 Å². The molecule has 0 bridgehead atoms. The molecule has 0 aliphatic rings. The van der Waals surface area contributed by atoms with E-state index in [1.165, 1.54) is 0 Å². The smallest absolute Gasteiger partial charge is 0.247 e. The van der Waals surface area contributed by atoms with Crippen LogP contribution in [0.3, 0.4) is 0 Å². The van der Waals surface area contributed by atoms with Crippen LogP contribution < -0.4 is 11.3 Å². The monoisotopic (exact) mass is 275 g/mol. The second kappa shape index (κ2) is 10.8. The average molecular weight is 275 g/mol. The number of nitrogens with zero attached hydrogens (tertiary/aromatic N) is 1. The Morgan fingerprint density at radius 1 is 1.15 bits per heavy atom. The van der Waals surface area contributed by atoms with Crippen molar-refractivity contribution in [3.05, 3.63) is 58.1 Å². The molecular weight excluding hydrogens is 250 g/mol. The molecule has 2 rings (SSSR count). The van der Waals surface area contributed by atoms with E-state index >= 15 is 0 Å². The molecule has 0 fully saturated rings. The van der Waals surface area contributed by atoms with Crippen molar-refractivity contribution < 1.29 is 0 Å². The van der Waals surface area contributed by atoms with Crippen LogP contribution in [-0.4, -0.2) is 9.97 Å². The number of hydrogen-bond donors (Lipinski definition) is 2. The first kappa shape index (κ1) is 17.9. The van der Waals surface area contributed by atoms with E-state index in [2.05, 4.69) is 16.9 Å². The number of pyridine rings is 2. The third kappa shape index (κ3) is 6.73. The molecule has 4 heteroatoms. The summed E-state index contributed by atoms with van der Waals surface area (Å²) in [6.45, 7) is 8.11. The molecule has 2 heterocycles. The Hall–Kier alpha value is -2.10. The van der Waals surface area contributed by atoms with Crippen molar-refractivity contribution in [2.45, 2.75) is 40.5 Å². The fourth-order valence-corrected chi connectivity index (χ4v) is 1.41. The van der Waals surface area contributed by atoms with Crippen molar-refractivity contribution in [1.82, 2.24) is 9.97 Å². The van der Waals surface area contributed by atoms with Gasteiger partial charge in [0.25, 0.3) is 0 Å². The highest BCUT2D eigenvalue weighted by Crippen LogP contribution is 2.05. The number of nitrogen functional groups attached to an aromatic ring is 1. The van der Waals surface area contributed by atoms with Crippen LogP contribution in [0.25, 0.3) is 0 Å². The summed E-state index contributed by atoms with van der Waals surface area (Å²) in [6, 6.07) is 7.26. The molecule has 0 aliphatic heterocycles. The Balaban J connectivity index is 0.000000321. The van der Waals surface area contributed by atoms with Gasteiger partial charge in [-0.3, -0.25) is 4.79 Å². The summed E-state index contributed by atoms with van der Waals surface area (Å²) in [5.74, 6) is 0.653. The van der Waals surface area contributed by atoms with Crippen molar-refractivity contribution in [2.24, 2.45) is 0 Å². The summed E-state index contributed by atoms with van der Waals surface area (Å²) in [5, 5.41) is 0. The number of nitrogens with one attached hydrogen (secondary N) is 1. The van der Waals surface area contributed by atoms with Gasteiger partial charge in [0.1, 0.15) is 5.82 Å². The highest BCUT2D eigenvalue weighted by Gasteiger charge is 1.92. The van der Waals surface area contributed by atoms with Crippen LogP contribution in [-0.2, 0) is 12.8 Å². The normalized spacial score (nSPS) is 8.80. The lowest BCUT2D eigenvalue weighted by molar-refractivity contribution is 1.08. The van der Waals surface area contributed by atoms with Crippen molar-refractivity contribution >= 4 is 5.82 Å². The van der Waals surface area contributed by atoms with E-state index in [0.29, 0.717) is 5.82 Å². The zero-order chi connectivity index (χ0) is 15.4. The molecule has 20 heavy (non-hydrogen) atoms. The minimum atomic E-state index is -0.0350. The second-order valence-corrected chi connectivity index (χ2v) is 3.82. The van der Waals surface area contributed by atoms with Gasteiger partial charge in [-0.1, -0.05) is 39.8 Å². The lowest BCUT2D eigenvalue weighted by Gasteiger charge is -1.97. The largest absolute Gasteiger partial charge is 0.383 e. The molecule has 0 radical (unpaired) electrons. The highest BCUT2D eigenvalue weighted by molar-refractivity contribution is 5.37. The van der Waals surface area contributed by atoms with Gasteiger partial charge in [0.05, 0.1) is 0 Å². The number of H-pyrrole nitrogens is 1. The van der Waals surface area contributed by atoms with Crippen LogP contribution in [0.1, 0.15) is 38.8 Å². The zero-order valence-electron chi connectivity index (χ0n) is 12.8. The molecule has 0 saturated heterocycles. The number of hydrogen-bond acceptors (Lipinski definition) is 3. The molecule has 2 aromatic rings. The molecule has 0 unspecified atom stereocenters. The van der Waals surface area contributed by atoms with Gasteiger partial charge in [0, 0.05) is 18.5 Å². The quantitative estimate of drug-likeness (QED) is 0.884. The maximum Gasteiger partial charge on any atom is 0.247 e. The molecule has 2 aromatic heterocycles. The van der Waals surface area contributed by atoms with Gasteiger partial charge in [-0.2, -0.15) is 0 Å². The van der Waals surface area contributed by atoms with Gasteiger partial charge >= 0.3 is 0 Å². The third-order valence-electron chi connectivity index (χ3n) is 2.56. The van der Waals surface area contributed by atoms with Crippen molar-refractivity contribution in [3.8, 4) is 0 Å². The van der Waals surface area contributed by atoms with Gasteiger partial charge in [0.2, 0.25) is 5.56 Å². The van der Waals surface area contributed by atoms with E-state index in [9.17, 15) is 4.79 Å². The maximum atomic E-state index is 10.5. The Labute approximate surface area is 121 Å². The Morgan fingerprint density at radius 3 is 2.25 bits per heavy atom. The summed E-state index contributed by atoms with van der Waals surface area (Å²) < 4.78 is 0. The summed E-state index contributed by atoms with van der Waals surface area (Å²) in [7, 11) is 0. The van der Waals surface area contributed by atoms with E-state index < -0.39 is 0 Å². The molecule has 0 aliphatic carbocycles. The van der Waals surface area contributed by atoms with Gasteiger partial charge in [-0.15, -0.1) is 0 Å². The highest BCUT2D eigenvalue weighted by atomic mass is 16.1. The summed E-state index contributed by atoms with van der Waals surface area (Å²) in [6.07, 6.45) is 5.37. The number of aromatic amines is 1. The number of rotatable bonds is 2. The van der Waals surface area contributed by atoms with E-state index in [1.807, 2.05) is 39.0 Å². The molecule has 0 spiro atoms. The SMILES string of the molecule is CC.CCc1ccc(=O)[nH]c1.CCc1cccnc1N. The second-order valence-electron chi connectivity index (χ2n) is 3.82. The maximum absolute atomic E-state index is 10.5. The first-order valence-electron chi connectivity index (χ1n) is 7.04. The predicted molar refractivity (Wildman–Crippen MR) is 85.8 cm³/mol. The Kier molecular flexibility index (Phi) is 9.66. The fourth-order valence-electron chi connectivity index (χ4n) is 1.41. The van der Waals surface area contributed by atoms with E-state index in [-0.39, 0.29) is 5.56 Å². The number of aryl methyl sites for hydroxylation is 2. The van der Waals surface area contributed by atoms with Crippen LogP contribution in [0.15, 0.2) is 41.5 Å². The van der Waals surface area contributed by atoms with Gasteiger partial charge in [0.15, 0.2) is 0 Å². The summed E-state index contributed by atoms with van der Waals surface area (Å²) in [4.78, 5) is 17.0. The van der Waals surface area contributed by atoms with E-state index in [4.69, 9.17) is 5.73 Å². The lowest BCUT2D eigenvalue weighted by Crippen LogP contribution is -2.01. The topological polar surface area (TPSA) is 71.8 Å². The minimum Gasteiger partial charge on any atom is -0.383 e. The van der Waals surface area contributed by atoms with Gasteiger partial charge in [-0.05, 0) is 30.0 Å². The van der Waals surface area contributed by atoms with Crippen LogP contribution in [0.2, 0.25) is 0 Å². The van der Waals surface area contributed by atoms with Crippen molar-refractivity contribution in [2.75, 3.05) is 5.73 Å². The first-order chi connectivity index (χ1) is 9.67. The molecule has 0 amide bonds. The van der Waals surface area contributed by atoms with E-state index in [0.717, 1.165) is 24.0 Å². The fraction of sp³-hybridized carbons (Fsp3) is 0.375. The molecule has 4 nitrogen and oxygen atoms in total. The summed E-state index contributed by atoms with van der Waals surface area (Å²) in [5.41, 5.74) is 7.77. The predicted octanol–water partition coefficient (Wildman–Crippen LogP) is 3.19. The molecular formula is C16H25N3O. The van der Waals surface area contributed by atoms with Crippen LogP contribution in [0, 0.1) is 0 Å². The number of aromatic nitrogens is 2. The lowest BCUT2D eigenvalue weighted by atomic mass is 10.2. The summed E-state index contributed by atoms with van der Waals surface area (Å²) >= 11 is 0. The first-order valence-corrected chi connectivity index (χ1v) is 7.04. The van der Waals surface area contributed by atoms with Gasteiger partial charge in [-0.25, -0.2) is 4.98 Å².